The maximum atomic E-state index is 12.3. The van der Waals surface area contributed by atoms with Gasteiger partial charge in [0.1, 0.15) is 0 Å². The number of benzene rings is 1. The van der Waals surface area contributed by atoms with Gasteiger partial charge in [0.2, 0.25) is 0 Å². The van der Waals surface area contributed by atoms with Crippen LogP contribution in [0.3, 0.4) is 0 Å². The van der Waals surface area contributed by atoms with E-state index in [0.29, 0.717) is 17.1 Å². The van der Waals surface area contributed by atoms with Crippen molar-refractivity contribution in [2.24, 2.45) is 0 Å². The number of pyridine rings is 1. The highest BCUT2D eigenvalue weighted by molar-refractivity contribution is 6.33. The van der Waals surface area contributed by atoms with Gasteiger partial charge in [-0.2, -0.15) is 0 Å². The minimum atomic E-state index is -0.218. The topological polar surface area (TPSA) is 46.9 Å². The van der Waals surface area contributed by atoms with Gasteiger partial charge in [0.15, 0.2) is 0 Å². The summed E-state index contributed by atoms with van der Waals surface area (Å²) in [7, 11) is 0. The standard InChI is InChI=1S/C17H14ClN3O/c18-16-7-6-14(21-9-3-4-10-21)11-15(16)17(22)20-12-13-5-1-2-8-19-13/h1-11H,12H2,(H,20,22). The molecule has 0 saturated heterocycles. The lowest BCUT2D eigenvalue weighted by Crippen LogP contribution is -2.23. The second-order valence-corrected chi connectivity index (χ2v) is 5.17. The predicted octanol–water partition coefficient (Wildman–Crippen LogP) is 3.46. The van der Waals surface area contributed by atoms with Crippen LogP contribution in [0.4, 0.5) is 0 Å². The van der Waals surface area contributed by atoms with E-state index in [1.807, 2.05) is 53.4 Å². The molecule has 0 bridgehead atoms. The van der Waals surface area contributed by atoms with Gasteiger partial charge in [0.25, 0.3) is 5.91 Å². The monoisotopic (exact) mass is 311 g/mol. The average Bonchev–Trinajstić information content (AvgIpc) is 3.08. The number of hydrogen-bond acceptors (Lipinski definition) is 2. The average molecular weight is 312 g/mol. The van der Waals surface area contributed by atoms with Crippen LogP contribution in [0.1, 0.15) is 16.1 Å². The van der Waals surface area contributed by atoms with Crippen LogP contribution >= 0.6 is 11.6 Å². The van der Waals surface area contributed by atoms with E-state index in [2.05, 4.69) is 10.3 Å². The van der Waals surface area contributed by atoms with E-state index >= 15 is 0 Å². The van der Waals surface area contributed by atoms with E-state index in [4.69, 9.17) is 11.6 Å². The van der Waals surface area contributed by atoms with Crippen LogP contribution in [0.25, 0.3) is 5.69 Å². The second kappa shape index (κ2) is 6.45. The number of carbonyl (C=O) groups excluding carboxylic acids is 1. The second-order valence-electron chi connectivity index (χ2n) is 4.76. The maximum absolute atomic E-state index is 12.3. The minimum Gasteiger partial charge on any atom is -0.346 e. The third kappa shape index (κ3) is 3.18. The van der Waals surface area contributed by atoms with Crippen molar-refractivity contribution in [1.82, 2.24) is 14.9 Å². The molecule has 0 saturated carbocycles. The van der Waals surface area contributed by atoms with Crippen molar-refractivity contribution in [3.05, 3.63) is 83.4 Å². The van der Waals surface area contributed by atoms with E-state index in [0.717, 1.165) is 11.4 Å². The number of rotatable bonds is 4. The van der Waals surface area contributed by atoms with Gasteiger partial charge in [-0.3, -0.25) is 9.78 Å². The first-order chi connectivity index (χ1) is 10.7. The molecule has 2 aromatic heterocycles. The van der Waals surface area contributed by atoms with Gasteiger partial charge in [0, 0.05) is 24.3 Å². The van der Waals surface area contributed by atoms with Crippen LogP contribution in [0.2, 0.25) is 5.02 Å². The summed E-state index contributed by atoms with van der Waals surface area (Å²) in [5.41, 5.74) is 2.13. The first-order valence-electron chi connectivity index (χ1n) is 6.85. The molecule has 3 rings (SSSR count). The fraction of sp³-hybridized carbons (Fsp3) is 0.0588. The van der Waals surface area contributed by atoms with Crippen molar-refractivity contribution in [1.29, 1.82) is 0 Å². The van der Waals surface area contributed by atoms with Gasteiger partial charge in [0.05, 0.1) is 22.8 Å². The van der Waals surface area contributed by atoms with Crippen LogP contribution < -0.4 is 5.32 Å². The molecule has 0 spiro atoms. The van der Waals surface area contributed by atoms with Gasteiger partial charge >= 0.3 is 0 Å². The van der Waals surface area contributed by atoms with Gasteiger partial charge in [-0.1, -0.05) is 17.7 Å². The molecule has 0 aliphatic carbocycles. The van der Waals surface area contributed by atoms with Crippen molar-refractivity contribution >= 4 is 17.5 Å². The Hall–Kier alpha value is -2.59. The molecule has 0 atom stereocenters. The van der Waals surface area contributed by atoms with Crippen LogP contribution in [0.15, 0.2) is 67.1 Å². The van der Waals surface area contributed by atoms with E-state index in [9.17, 15) is 4.79 Å². The van der Waals surface area contributed by atoms with Gasteiger partial charge < -0.3 is 9.88 Å². The number of hydrogen-bond donors (Lipinski definition) is 1. The highest BCUT2D eigenvalue weighted by Gasteiger charge is 2.11. The predicted molar refractivity (Wildman–Crippen MR) is 86.2 cm³/mol. The molecule has 5 heteroatoms. The molecular formula is C17H14ClN3O. The molecule has 0 unspecified atom stereocenters. The van der Waals surface area contributed by atoms with Crippen molar-refractivity contribution in [2.45, 2.75) is 6.54 Å². The van der Waals surface area contributed by atoms with Crippen molar-refractivity contribution < 1.29 is 4.79 Å². The Labute approximate surface area is 133 Å². The fourth-order valence-corrected chi connectivity index (χ4v) is 2.33. The molecule has 0 aliphatic heterocycles. The lowest BCUT2D eigenvalue weighted by atomic mass is 10.2. The molecule has 3 aromatic rings. The Bertz CT molecular complexity index is 770. The zero-order chi connectivity index (χ0) is 15.4. The number of aromatic nitrogens is 2. The molecule has 1 N–H and O–H groups in total. The Balaban J connectivity index is 1.78. The number of nitrogens with one attached hydrogen (secondary N) is 1. The molecule has 0 radical (unpaired) electrons. The van der Waals surface area contributed by atoms with E-state index in [1.54, 1.807) is 18.3 Å². The highest BCUT2D eigenvalue weighted by atomic mass is 35.5. The maximum Gasteiger partial charge on any atom is 0.253 e. The molecule has 1 aromatic carbocycles. The normalized spacial score (nSPS) is 10.4. The largest absolute Gasteiger partial charge is 0.346 e. The summed E-state index contributed by atoms with van der Waals surface area (Å²) in [6.45, 7) is 0.365. The highest BCUT2D eigenvalue weighted by Crippen LogP contribution is 2.20. The quantitative estimate of drug-likeness (QED) is 0.802. The Morgan fingerprint density at radius 1 is 1.14 bits per heavy atom. The molecule has 22 heavy (non-hydrogen) atoms. The van der Waals surface area contributed by atoms with E-state index < -0.39 is 0 Å². The molecular weight excluding hydrogens is 298 g/mol. The molecule has 0 aliphatic rings. The summed E-state index contributed by atoms with van der Waals surface area (Å²) in [5, 5.41) is 3.26. The van der Waals surface area contributed by atoms with Crippen molar-refractivity contribution in [3.8, 4) is 5.69 Å². The SMILES string of the molecule is O=C(NCc1ccccn1)c1cc(-n2cccc2)ccc1Cl. The van der Waals surface area contributed by atoms with Crippen LogP contribution in [-0.4, -0.2) is 15.5 Å². The van der Waals surface area contributed by atoms with Crippen molar-refractivity contribution in [3.63, 3.8) is 0 Å². The molecule has 4 nitrogen and oxygen atoms in total. The molecule has 1 amide bonds. The van der Waals surface area contributed by atoms with Crippen LogP contribution in [0, 0.1) is 0 Å². The van der Waals surface area contributed by atoms with E-state index in [-0.39, 0.29) is 5.91 Å². The first kappa shape index (κ1) is 14.4. The summed E-state index contributed by atoms with van der Waals surface area (Å²) in [6.07, 6.45) is 5.53. The Kier molecular flexibility index (Phi) is 4.21. The zero-order valence-corrected chi connectivity index (χ0v) is 12.5. The third-order valence-electron chi connectivity index (χ3n) is 3.25. The summed E-state index contributed by atoms with van der Waals surface area (Å²) >= 11 is 6.15. The zero-order valence-electron chi connectivity index (χ0n) is 11.7. The summed E-state index contributed by atoms with van der Waals surface area (Å²) in [4.78, 5) is 16.5. The summed E-state index contributed by atoms with van der Waals surface area (Å²) < 4.78 is 1.92. The van der Waals surface area contributed by atoms with Crippen LogP contribution in [-0.2, 0) is 6.54 Å². The Morgan fingerprint density at radius 3 is 2.68 bits per heavy atom. The lowest BCUT2D eigenvalue weighted by molar-refractivity contribution is 0.0950. The Morgan fingerprint density at radius 2 is 1.95 bits per heavy atom. The number of nitrogens with zero attached hydrogens (tertiary/aromatic N) is 2. The third-order valence-corrected chi connectivity index (χ3v) is 3.58. The fourth-order valence-electron chi connectivity index (χ4n) is 2.12. The van der Waals surface area contributed by atoms with Gasteiger partial charge in [-0.25, -0.2) is 0 Å². The number of carbonyl (C=O) groups is 1. The van der Waals surface area contributed by atoms with Gasteiger partial charge in [-0.15, -0.1) is 0 Å². The minimum absolute atomic E-state index is 0.218. The van der Waals surface area contributed by atoms with Crippen LogP contribution in [0.5, 0.6) is 0 Å². The summed E-state index contributed by atoms with van der Waals surface area (Å²) in [6, 6.07) is 14.8. The molecule has 110 valence electrons. The van der Waals surface area contributed by atoms with Gasteiger partial charge in [-0.05, 0) is 42.5 Å². The first-order valence-corrected chi connectivity index (χ1v) is 7.23. The summed E-state index contributed by atoms with van der Waals surface area (Å²) in [5.74, 6) is -0.218. The van der Waals surface area contributed by atoms with Crippen molar-refractivity contribution in [2.75, 3.05) is 0 Å². The lowest BCUT2D eigenvalue weighted by Gasteiger charge is -2.09. The smallest absolute Gasteiger partial charge is 0.253 e. The molecule has 2 heterocycles. The number of halogens is 1. The van der Waals surface area contributed by atoms with E-state index in [1.165, 1.54) is 0 Å². The number of amides is 1. The molecule has 0 fully saturated rings.